The van der Waals surface area contributed by atoms with Crippen molar-refractivity contribution in [2.75, 3.05) is 18.0 Å². The number of anilines is 1. The van der Waals surface area contributed by atoms with Crippen LogP contribution in [0.5, 0.6) is 0 Å². The molecule has 2 heterocycles. The van der Waals surface area contributed by atoms with Gasteiger partial charge in [0.2, 0.25) is 5.95 Å². The quantitative estimate of drug-likeness (QED) is 0.786. The Labute approximate surface area is 108 Å². The zero-order valence-corrected chi connectivity index (χ0v) is 10.4. The lowest BCUT2D eigenvalue weighted by molar-refractivity contribution is -0.176. The minimum absolute atomic E-state index is 0.136. The Kier molecular flexibility index (Phi) is 3.60. The summed E-state index contributed by atoms with van der Waals surface area (Å²) >= 11 is 0. The second-order valence-corrected chi connectivity index (χ2v) is 4.63. The van der Waals surface area contributed by atoms with E-state index in [1.807, 2.05) is 6.07 Å². The van der Waals surface area contributed by atoms with Gasteiger partial charge in [-0.05, 0) is 25.8 Å². The summed E-state index contributed by atoms with van der Waals surface area (Å²) < 4.78 is 38.2. The zero-order chi connectivity index (χ0) is 14.0. The number of piperidine rings is 1. The number of hydrogen-bond acceptors (Lipinski definition) is 4. The molecule has 7 heteroatoms. The van der Waals surface area contributed by atoms with Crippen LogP contribution in [0, 0.1) is 24.2 Å². The number of aromatic nitrogens is 2. The van der Waals surface area contributed by atoms with E-state index in [4.69, 9.17) is 5.26 Å². The van der Waals surface area contributed by atoms with E-state index in [1.54, 1.807) is 6.92 Å². The van der Waals surface area contributed by atoms with Crippen LogP contribution >= 0.6 is 0 Å². The van der Waals surface area contributed by atoms with Crippen molar-refractivity contribution in [3.8, 4) is 6.07 Å². The first kappa shape index (κ1) is 13.6. The number of halogens is 3. The summed E-state index contributed by atoms with van der Waals surface area (Å²) in [6, 6.07) is 3.40. The first-order chi connectivity index (χ1) is 8.90. The summed E-state index contributed by atoms with van der Waals surface area (Å²) in [7, 11) is 0. The molecule has 19 heavy (non-hydrogen) atoms. The Bertz CT molecular complexity index is 507. The monoisotopic (exact) mass is 270 g/mol. The largest absolute Gasteiger partial charge is 0.393 e. The molecule has 0 amide bonds. The molecule has 4 nitrogen and oxygen atoms in total. The molecular weight excluding hydrogens is 257 g/mol. The maximum atomic E-state index is 12.7. The van der Waals surface area contributed by atoms with Gasteiger partial charge in [0.05, 0.1) is 5.92 Å². The van der Waals surface area contributed by atoms with E-state index in [0.29, 0.717) is 18.7 Å². The fraction of sp³-hybridized carbons (Fsp3) is 0.583. The Morgan fingerprint density at radius 2 is 2.16 bits per heavy atom. The van der Waals surface area contributed by atoms with Crippen molar-refractivity contribution >= 4 is 5.95 Å². The van der Waals surface area contributed by atoms with Crippen molar-refractivity contribution in [3.05, 3.63) is 17.5 Å². The van der Waals surface area contributed by atoms with Crippen LogP contribution < -0.4 is 4.90 Å². The summed E-state index contributed by atoms with van der Waals surface area (Å²) in [6.45, 7) is 2.04. The molecule has 0 N–H and O–H groups in total. The van der Waals surface area contributed by atoms with E-state index in [9.17, 15) is 13.2 Å². The molecule has 0 radical (unpaired) electrons. The zero-order valence-electron chi connectivity index (χ0n) is 10.4. The fourth-order valence-corrected chi connectivity index (χ4v) is 2.18. The fourth-order valence-electron chi connectivity index (χ4n) is 2.18. The summed E-state index contributed by atoms with van der Waals surface area (Å²) in [5.41, 5.74) is 0.757. The molecule has 1 fully saturated rings. The van der Waals surface area contributed by atoms with Crippen LogP contribution in [0.15, 0.2) is 6.07 Å². The minimum atomic E-state index is -4.19. The van der Waals surface area contributed by atoms with Gasteiger partial charge in [0.1, 0.15) is 11.8 Å². The van der Waals surface area contributed by atoms with Gasteiger partial charge in [-0.1, -0.05) is 0 Å². The highest BCUT2D eigenvalue weighted by Crippen LogP contribution is 2.34. The predicted molar refractivity (Wildman–Crippen MR) is 62.5 cm³/mol. The minimum Gasteiger partial charge on any atom is -0.340 e. The number of alkyl halides is 3. The summed E-state index contributed by atoms with van der Waals surface area (Å²) in [5, 5.41) is 8.83. The Morgan fingerprint density at radius 1 is 1.42 bits per heavy atom. The van der Waals surface area contributed by atoms with Gasteiger partial charge in [-0.15, -0.1) is 0 Å². The average Bonchev–Trinajstić information content (AvgIpc) is 2.37. The number of nitrogens with zero attached hydrogens (tertiary/aromatic N) is 4. The Balaban J connectivity index is 2.22. The van der Waals surface area contributed by atoms with Gasteiger partial charge in [0, 0.05) is 18.8 Å². The molecule has 1 aromatic heterocycles. The third-order valence-corrected chi connectivity index (χ3v) is 3.12. The lowest BCUT2D eigenvalue weighted by Crippen LogP contribution is -2.42. The van der Waals surface area contributed by atoms with Gasteiger partial charge in [0.15, 0.2) is 0 Å². The van der Waals surface area contributed by atoms with Crippen LogP contribution in [0.3, 0.4) is 0 Å². The molecular formula is C12H13F3N4. The van der Waals surface area contributed by atoms with E-state index in [2.05, 4.69) is 9.97 Å². The van der Waals surface area contributed by atoms with Crippen molar-refractivity contribution in [2.45, 2.75) is 25.9 Å². The maximum absolute atomic E-state index is 12.7. The Hall–Kier alpha value is -1.84. The second kappa shape index (κ2) is 5.03. The second-order valence-electron chi connectivity index (χ2n) is 4.63. The summed E-state index contributed by atoms with van der Waals surface area (Å²) in [4.78, 5) is 9.61. The SMILES string of the molecule is Cc1cc(C#N)nc(N2CCCC(C(F)(F)F)C2)n1. The molecule has 1 unspecified atom stereocenters. The van der Waals surface area contributed by atoms with E-state index < -0.39 is 12.1 Å². The first-order valence-electron chi connectivity index (χ1n) is 5.97. The number of rotatable bonds is 1. The van der Waals surface area contributed by atoms with Gasteiger partial charge in [-0.2, -0.15) is 18.4 Å². The molecule has 0 saturated carbocycles. The normalized spacial score (nSPS) is 20.2. The third kappa shape index (κ3) is 3.13. The van der Waals surface area contributed by atoms with Crippen LogP contribution in [0.2, 0.25) is 0 Å². The van der Waals surface area contributed by atoms with Gasteiger partial charge in [0.25, 0.3) is 0 Å². The van der Waals surface area contributed by atoms with Gasteiger partial charge >= 0.3 is 6.18 Å². The molecule has 1 atom stereocenters. The van der Waals surface area contributed by atoms with Crippen molar-refractivity contribution in [3.63, 3.8) is 0 Å². The lowest BCUT2D eigenvalue weighted by atomic mass is 9.98. The van der Waals surface area contributed by atoms with Crippen LogP contribution in [0.4, 0.5) is 19.1 Å². The van der Waals surface area contributed by atoms with E-state index in [0.717, 1.165) is 0 Å². The molecule has 1 aromatic rings. The highest BCUT2D eigenvalue weighted by molar-refractivity contribution is 5.36. The molecule has 0 aliphatic carbocycles. The topological polar surface area (TPSA) is 52.8 Å². The summed E-state index contributed by atoms with van der Waals surface area (Å²) in [6.07, 6.45) is -3.61. The van der Waals surface area contributed by atoms with Crippen molar-refractivity contribution in [1.82, 2.24) is 9.97 Å². The molecule has 1 aliphatic heterocycles. The van der Waals surface area contributed by atoms with Crippen LogP contribution in [0.1, 0.15) is 24.2 Å². The van der Waals surface area contributed by atoms with Crippen LogP contribution in [0.25, 0.3) is 0 Å². The molecule has 1 saturated heterocycles. The van der Waals surface area contributed by atoms with Crippen LogP contribution in [-0.4, -0.2) is 29.2 Å². The third-order valence-electron chi connectivity index (χ3n) is 3.12. The number of nitriles is 1. The molecule has 102 valence electrons. The molecule has 2 rings (SSSR count). The van der Waals surface area contributed by atoms with E-state index in [1.165, 1.54) is 11.0 Å². The van der Waals surface area contributed by atoms with Gasteiger partial charge in [-0.25, -0.2) is 9.97 Å². The molecule has 0 bridgehead atoms. The van der Waals surface area contributed by atoms with Crippen molar-refractivity contribution < 1.29 is 13.2 Å². The van der Waals surface area contributed by atoms with Crippen molar-refractivity contribution in [2.24, 2.45) is 5.92 Å². The number of hydrogen-bond donors (Lipinski definition) is 0. The highest BCUT2D eigenvalue weighted by atomic mass is 19.4. The maximum Gasteiger partial charge on any atom is 0.393 e. The van der Waals surface area contributed by atoms with E-state index in [-0.39, 0.29) is 24.6 Å². The smallest absolute Gasteiger partial charge is 0.340 e. The predicted octanol–water partition coefficient (Wildman–Crippen LogP) is 2.44. The van der Waals surface area contributed by atoms with Gasteiger partial charge in [-0.3, -0.25) is 0 Å². The van der Waals surface area contributed by atoms with E-state index >= 15 is 0 Å². The average molecular weight is 270 g/mol. The standard InChI is InChI=1S/C12H13F3N4/c1-8-5-10(6-16)18-11(17-8)19-4-2-3-9(7-19)12(13,14)15/h5,9H,2-4,7H2,1H3. The molecule has 0 spiro atoms. The Morgan fingerprint density at radius 3 is 2.79 bits per heavy atom. The first-order valence-corrected chi connectivity index (χ1v) is 5.97. The van der Waals surface area contributed by atoms with Gasteiger partial charge < -0.3 is 4.90 Å². The lowest BCUT2D eigenvalue weighted by Gasteiger charge is -2.33. The number of aryl methyl sites for hydroxylation is 1. The van der Waals surface area contributed by atoms with Crippen LogP contribution in [-0.2, 0) is 0 Å². The molecule has 0 aromatic carbocycles. The van der Waals surface area contributed by atoms with Crippen molar-refractivity contribution in [1.29, 1.82) is 5.26 Å². The molecule has 1 aliphatic rings. The highest BCUT2D eigenvalue weighted by Gasteiger charge is 2.42. The summed E-state index contributed by atoms with van der Waals surface area (Å²) in [5.74, 6) is -1.14.